The summed E-state index contributed by atoms with van der Waals surface area (Å²) in [7, 11) is 0. The van der Waals surface area contributed by atoms with Crippen molar-refractivity contribution in [2.24, 2.45) is 45.3 Å². The Morgan fingerprint density at radius 2 is 1.93 bits per heavy atom. The number of nitrogens with one attached hydrogen (secondary N) is 1. The van der Waals surface area contributed by atoms with Crippen LogP contribution >= 0.6 is 12.2 Å². The van der Waals surface area contributed by atoms with Crippen molar-refractivity contribution in [1.29, 1.82) is 0 Å². The van der Waals surface area contributed by atoms with Gasteiger partial charge in [0.15, 0.2) is 5.11 Å². The molecular formula is C23H37N3OS. The van der Waals surface area contributed by atoms with E-state index in [2.05, 4.69) is 38.2 Å². The first-order valence-corrected chi connectivity index (χ1v) is 11.6. The van der Waals surface area contributed by atoms with Crippen LogP contribution in [0.2, 0.25) is 0 Å². The van der Waals surface area contributed by atoms with E-state index in [0.717, 1.165) is 42.2 Å². The highest BCUT2D eigenvalue weighted by molar-refractivity contribution is 7.80. The Morgan fingerprint density at radius 1 is 1.18 bits per heavy atom. The SMILES string of the molecule is CC1=C(/C(C)=N/NC(N)=S)[C@]2(C)CC[C@@H]3[C@H](CC[C@H]4C[C@@H](O)CC[C@@]43C)[C@@H]2C1. The lowest BCUT2D eigenvalue weighted by molar-refractivity contribution is -0.117. The number of nitrogens with two attached hydrogens (primary N) is 1. The Kier molecular flexibility index (Phi) is 5.15. The van der Waals surface area contributed by atoms with Crippen molar-refractivity contribution in [3.8, 4) is 0 Å². The number of thiocarbonyl (C=S) groups is 1. The quantitative estimate of drug-likeness (QED) is 0.360. The van der Waals surface area contributed by atoms with E-state index in [4.69, 9.17) is 18.0 Å². The summed E-state index contributed by atoms with van der Waals surface area (Å²) in [6.07, 6.45) is 9.57. The first kappa shape index (κ1) is 20.3. The molecule has 3 saturated carbocycles. The molecule has 0 saturated heterocycles. The zero-order valence-corrected chi connectivity index (χ0v) is 18.7. The molecule has 0 aromatic carbocycles. The van der Waals surface area contributed by atoms with Gasteiger partial charge in [0.25, 0.3) is 0 Å². The average molecular weight is 404 g/mol. The van der Waals surface area contributed by atoms with Crippen molar-refractivity contribution in [3.63, 3.8) is 0 Å². The van der Waals surface area contributed by atoms with E-state index in [1.54, 1.807) is 0 Å². The molecule has 28 heavy (non-hydrogen) atoms. The van der Waals surface area contributed by atoms with Gasteiger partial charge >= 0.3 is 0 Å². The van der Waals surface area contributed by atoms with Crippen molar-refractivity contribution < 1.29 is 5.11 Å². The molecule has 7 atom stereocenters. The molecule has 0 aromatic rings. The van der Waals surface area contributed by atoms with Gasteiger partial charge in [-0.3, -0.25) is 5.43 Å². The predicted octanol–water partition coefficient (Wildman–Crippen LogP) is 4.53. The zero-order valence-electron chi connectivity index (χ0n) is 17.9. The van der Waals surface area contributed by atoms with Crippen LogP contribution in [-0.2, 0) is 0 Å². The Labute approximate surface area is 175 Å². The molecule has 0 radical (unpaired) electrons. The van der Waals surface area contributed by atoms with Crippen LogP contribution in [0, 0.1) is 34.5 Å². The molecule has 5 heteroatoms. The van der Waals surface area contributed by atoms with Crippen LogP contribution in [0.15, 0.2) is 16.2 Å². The van der Waals surface area contributed by atoms with Crippen LogP contribution in [0.4, 0.5) is 0 Å². The summed E-state index contributed by atoms with van der Waals surface area (Å²) in [4.78, 5) is 0. The van der Waals surface area contributed by atoms with Crippen molar-refractivity contribution in [3.05, 3.63) is 11.1 Å². The number of allylic oxidation sites excluding steroid dienone is 2. The zero-order chi connectivity index (χ0) is 20.3. The van der Waals surface area contributed by atoms with Crippen LogP contribution in [0.3, 0.4) is 0 Å². The third kappa shape index (κ3) is 3.04. The van der Waals surface area contributed by atoms with Gasteiger partial charge in [0, 0.05) is 0 Å². The van der Waals surface area contributed by atoms with E-state index in [9.17, 15) is 5.11 Å². The number of hydrogen-bond acceptors (Lipinski definition) is 3. The van der Waals surface area contributed by atoms with Gasteiger partial charge < -0.3 is 10.8 Å². The highest BCUT2D eigenvalue weighted by Crippen LogP contribution is 2.67. The second kappa shape index (κ2) is 7.09. The number of fused-ring (bicyclic) bond motifs is 5. The lowest BCUT2D eigenvalue weighted by atomic mass is 9.44. The molecule has 4 N–H and O–H groups in total. The fraction of sp³-hybridized carbons (Fsp3) is 0.826. The van der Waals surface area contributed by atoms with E-state index >= 15 is 0 Å². The summed E-state index contributed by atoms with van der Waals surface area (Å²) in [5.74, 6) is 3.06. The molecule has 0 spiro atoms. The van der Waals surface area contributed by atoms with Gasteiger partial charge in [-0.2, -0.15) is 5.10 Å². The second-order valence-electron chi connectivity index (χ2n) is 10.6. The molecule has 0 aromatic heterocycles. The van der Waals surface area contributed by atoms with Crippen LogP contribution in [-0.4, -0.2) is 22.0 Å². The number of nitrogens with zero attached hydrogens (tertiary/aromatic N) is 1. The van der Waals surface area contributed by atoms with Crippen molar-refractivity contribution >= 4 is 23.0 Å². The first-order chi connectivity index (χ1) is 13.2. The molecule has 0 heterocycles. The number of hydrazone groups is 1. The maximum Gasteiger partial charge on any atom is 0.184 e. The van der Waals surface area contributed by atoms with Gasteiger partial charge in [-0.05, 0) is 118 Å². The lowest BCUT2D eigenvalue weighted by Crippen LogP contribution is -2.53. The number of aliphatic hydroxyl groups is 1. The molecule has 4 aliphatic rings. The van der Waals surface area contributed by atoms with E-state index < -0.39 is 0 Å². The van der Waals surface area contributed by atoms with Gasteiger partial charge in [0.1, 0.15) is 0 Å². The predicted molar refractivity (Wildman–Crippen MR) is 119 cm³/mol. The minimum atomic E-state index is -0.0644. The van der Waals surface area contributed by atoms with Crippen molar-refractivity contribution in [2.45, 2.75) is 85.2 Å². The summed E-state index contributed by atoms with van der Waals surface area (Å²) in [5.41, 5.74) is 13.0. The number of hydrogen-bond donors (Lipinski definition) is 3. The fourth-order valence-corrected chi connectivity index (χ4v) is 8.12. The minimum Gasteiger partial charge on any atom is -0.393 e. The molecule has 0 unspecified atom stereocenters. The second-order valence-corrected chi connectivity index (χ2v) is 11.0. The maximum atomic E-state index is 10.2. The molecular weight excluding hydrogens is 366 g/mol. The summed E-state index contributed by atoms with van der Waals surface area (Å²) < 4.78 is 0. The number of rotatable bonds is 2. The topological polar surface area (TPSA) is 70.6 Å². The summed E-state index contributed by atoms with van der Waals surface area (Å²) >= 11 is 4.94. The molecule has 0 amide bonds. The van der Waals surface area contributed by atoms with Crippen molar-refractivity contribution in [1.82, 2.24) is 5.43 Å². The van der Waals surface area contributed by atoms with Gasteiger partial charge in [-0.15, -0.1) is 0 Å². The third-order valence-corrected chi connectivity index (χ3v) is 9.34. The smallest absolute Gasteiger partial charge is 0.184 e. The summed E-state index contributed by atoms with van der Waals surface area (Å²) in [6, 6.07) is 0. The highest BCUT2D eigenvalue weighted by atomic mass is 32.1. The molecule has 0 bridgehead atoms. The highest BCUT2D eigenvalue weighted by Gasteiger charge is 2.59. The Bertz CT molecular complexity index is 731. The molecule has 0 aliphatic heterocycles. The van der Waals surface area contributed by atoms with E-state index in [1.165, 1.54) is 49.7 Å². The summed E-state index contributed by atoms with van der Waals surface area (Å²) in [5, 5.41) is 15.0. The molecule has 4 nitrogen and oxygen atoms in total. The van der Waals surface area contributed by atoms with E-state index in [1.807, 2.05) is 0 Å². The maximum absolute atomic E-state index is 10.2. The van der Waals surface area contributed by atoms with Gasteiger partial charge in [0.2, 0.25) is 0 Å². The van der Waals surface area contributed by atoms with Crippen LogP contribution < -0.4 is 11.2 Å². The average Bonchev–Trinajstić information content (AvgIpc) is 2.90. The van der Waals surface area contributed by atoms with Gasteiger partial charge in [0.05, 0.1) is 11.8 Å². The van der Waals surface area contributed by atoms with Crippen LogP contribution in [0.25, 0.3) is 0 Å². The third-order valence-electron chi connectivity index (χ3n) is 9.25. The number of aliphatic hydroxyl groups excluding tert-OH is 1. The minimum absolute atomic E-state index is 0.0644. The molecule has 3 fully saturated rings. The van der Waals surface area contributed by atoms with Crippen LogP contribution in [0.5, 0.6) is 0 Å². The van der Waals surface area contributed by atoms with Crippen LogP contribution in [0.1, 0.15) is 79.1 Å². The fourth-order valence-electron chi connectivity index (χ4n) is 8.08. The Morgan fingerprint density at radius 3 is 2.64 bits per heavy atom. The summed E-state index contributed by atoms with van der Waals surface area (Å²) in [6.45, 7) is 9.44. The lowest BCUT2D eigenvalue weighted by Gasteiger charge is -2.60. The van der Waals surface area contributed by atoms with Crippen molar-refractivity contribution in [2.75, 3.05) is 0 Å². The molecule has 156 valence electrons. The van der Waals surface area contributed by atoms with Gasteiger partial charge in [-0.25, -0.2) is 0 Å². The van der Waals surface area contributed by atoms with E-state index in [0.29, 0.717) is 5.41 Å². The first-order valence-electron chi connectivity index (χ1n) is 11.1. The Hall–Kier alpha value is -0.940. The molecule has 4 rings (SSSR count). The monoisotopic (exact) mass is 403 g/mol. The van der Waals surface area contributed by atoms with E-state index in [-0.39, 0.29) is 16.6 Å². The largest absolute Gasteiger partial charge is 0.393 e. The Balaban J connectivity index is 1.61. The standard InChI is InChI=1S/C23H37N3OS/c1-13-11-19-17-6-5-15-12-16(27)7-9-22(15,3)18(17)8-10-23(19,4)20(13)14(2)25-26-21(24)28/h15-19,27H,5-12H2,1-4H3,(H3,24,26,28)/b25-14+/t15-,16-,17-,18+,19-,22-,23+/m0/s1. The van der Waals surface area contributed by atoms with Gasteiger partial charge in [-0.1, -0.05) is 19.4 Å². The molecule has 4 aliphatic carbocycles. The normalized spacial score (nSPS) is 45.9.